The molecule has 1 unspecified atom stereocenters. The first-order valence-corrected chi connectivity index (χ1v) is 8.67. The summed E-state index contributed by atoms with van der Waals surface area (Å²) in [5.41, 5.74) is -0.383. The second-order valence-electron chi connectivity index (χ2n) is 5.69. The number of hydrogen-bond donors (Lipinski definition) is 2. The zero-order chi connectivity index (χ0) is 18.8. The van der Waals surface area contributed by atoms with E-state index in [-0.39, 0.29) is 11.4 Å². The number of nitrogens with zero attached hydrogens (tertiary/aromatic N) is 1. The molecular weight excluding hydrogens is 377 g/mol. The van der Waals surface area contributed by atoms with E-state index in [1.807, 2.05) is 0 Å². The number of aromatic nitrogens is 2. The normalized spacial score (nSPS) is 12.1. The van der Waals surface area contributed by atoms with Gasteiger partial charge in [-0.05, 0) is 36.8 Å². The number of amides is 1. The van der Waals surface area contributed by atoms with Gasteiger partial charge in [0.15, 0.2) is 0 Å². The fourth-order valence-electron chi connectivity index (χ4n) is 2.75. The molecule has 0 saturated carbocycles. The molecule has 0 aliphatic heterocycles. The van der Waals surface area contributed by atoms with E-state index in [1.54, 1.807) is 43.3 Å². The van der Waals surface area contributed by atoms with Crippen LogP contribution in [-0.4, -0.2) is 15.5 Å². The summed E-state index contributed by atoms with van der Waals surface area (Å²) < 4.78 is 0.932. The molecule has 2 N–H and O–H groups in total. The molecular formula is C18H15Cl2N3O3. The van der Waals surface area contributed by atoms with Crippen molar-refractivity contribution in [3.05, 3.63) is 73.3 Å². The van der Waals surface area contributed by atoms with Crippen molar-refractivity contribution in [2.75, 3.05) is 5.32 Å². The number of carbonyl (C=O) groups excluding carboxylic acids is 1. The summed E-state index contributed by atoms with van der Waals surface area (Å²) in [6.45, 7) is 1.72. The number of benzene rings is 2. The third-order valence-electron chi connectivity index (χ3n) is 4.03. The van der Waals surface area contributed by atoms with Crippen LogP contribution in [0.4, 0.5) is 5.69 Å². The van der Waals surface area contributed by atoms with Gasteiger partial charge in [-0.2, -0.15) is 0 Å². The summed E-state index contributed by atoms with van der Waals surface area (Å²) in [4.78, 5) is 40.5. The van der Waals surface area contributed by atoms with Crippen molar-refractivity contribution < 1.29 is 4.79 Å². The highest BCUT2D eigenvalue weighted by molar-refractivity contribution is 6.36. The monoisotopic (exact) mass is 391 g/mol. The fraction of sp³-hybridized carbons (Fsp3) is 0.167. The van der Waals surface area contributed by atoms with Gasteiger partial charge in [0.05, 0.1) is 21.6 Å². The number of H-pyrrole nitrogens is 1. The molecule has 1 heterocycles. The Bertz CT molecular complexity index is 1100. The van der Waals surface area contributed by atoms with Crippen molar-refractivity contribution in [1.82, 2.24) is 9.55 Å². The molecule has 0 fully saturated rings. The molecule has 0 saturated heterocycles. The Hall–Kier alpha value is -2.57. The Morgan fingerprint density at radius 3 is 2.62 bits per heavy atom. The number of halogens is 2. The Morgan fingerprint density at radius 1 is 1.19 bits per heavy atom. The fourth-order valence-corrected chi connectivity index (χ4v) is 3.21. The van der Waals surface area contributed by atoms with Crippen molar-refractivity contribution in [2.24, 2.45) is 0 Å². The lowest BCUT2D eigenvalue weighted by Gasteiger charge is -2.18. The van der Waals surface area contributed by atoms with Gasteiger partial charge in [-0.3, -0.25) is 9.59 Å². The topological polar surface area (TPSA) is 84.0 Å². The smallest absolute Gasteiger partial charge is 0.323 e. The quantitative estimate of drug-likeness (QED) is 0.712. The third kappa shape index (κ3) is 3.38. The number of anilines is 1. The van der Waals surface area contributed by atoms with Crippen molar-refractivity contribution in [3.8, 4) is 0 Å². The molecule has 0 aliphatic rings. The molecule has 3 aromatic rings. The van der Waals surface area contributed by atoms with Gasteiger partial charge >= 0.3 is 5.69 Å². The maximum atomic E-state index is 12.7. The number of hydrogen-bond acceptors (Lipinski definition) is 3. The average Bonchev–Trinajstić information content (AvgIpc) is 2.61. The van der Waals surface area contributed by atoms with E-state index in [2.05, 4.69) is 10.3 Å². The Morgan fingerprint density at radius 2 is 1.92 bits per heavy atom. The third-order valence-corrected chi connectivity index (χ3v) is 4.57. The molecule has 0 bridgehead atoms. The molecule has 0 spiro atoms. The van der Waals surface area contributed by atoms with E-state index in [0.717, 1.165) is 4.57 Å². The molecule has 3 rings (SSSR count). The molecule has 2 aromatic carbocycles. The van der Waals surface area contributed by atoms with Crippen molar-refractivity contribution in [1.29, 1.82) is 0 Å². The van der Waals surface area contributed by atoms with E-state index in [0.29, 0.717) is 21.6 Å². The molecule has 1 amide bonds. The second kappa shape index (κ2) is 7.35. The van der Waals surface area contributed by atoms with Gasteiger partial charge in [0.2, 0.25) is 5.91 Å². The summed E-state index contributed by atoms with van der Waals surface area (Å²) in [7, 11) is 0. The highest BCUT2D eigenvalue weighted by atomic mass is 35.5. The summed E-state index contributed by atoms with van der Waals surface area (Å²) in [6, 6.07) is 10.3. The molecule has 8 heteroatoms. The predicted octanol–water partition coefficient (Wildman–Crippen LogP) is 3.59. The van der Waals surface area contributed by atoms with Gasteiger partial charge in [0, 0.05) is 5.02 Å². The zero-order valence-corrected chi connectivity index (χ0v) is 15.3. The standard InChI is InChI=1S/C18H15Cl2N3O3/c1-2-15(16(24)21-14-8-7-10(19)9-12(14)20)23-17(25)11-5-3-4-6-13(11)22-18(23)26/h3-9,15H,2H2,1H3,(H,21,24)(H,22,26). The second-order valence-corrected chi connectivity index (χ2v) is 6.53. The van der Waals surface area contributed by atoms with Gasteiger partial charge in [0.25, 0.3) is 5.56 Å². The molecule has 0 radical (unpaired) electrons. The minimum atomic E-state index is -0.984. The van der Waals surface area contributed by atoms with E-state index in [9.17, 15) is 14.4 Å². The van der Waals surface area contributed by atoms with Crippen LogP contribution in [0.5, 0.6) is 0 Å². The van der Waals surface area contributed by atoms with E-state index in [1.165, 1.54) is 6.07 Å². The number of rotatable bonds is 4. The number of para-hydroxylation sites is 1. The van der Waals surface area contributed by atoms with Crippen molar-refractivity contribution in [3.63, 3.8) is 0 Å². The van der Waals surface area contributed by atoms with Crippen molar-refractivity contribution >= 4 is 45.7 Å². The lowest BCUT2D eigenvalue weighted by Crippen LogP contribution is -2.42. The maximum Gasteiger partial charge on any atom is 0.329 e. The van der Waals surface area contributed by atoms with Crippen LogP contribution >= 0.6 is 23.2 Å². The molecule has 0 aliphatic carbocycles. The molecule has 1 aromatic heterocycles. The van der Waals surface area contributed by atoms with Gasteiger partial charge in [-0.15, -0.1) is 0 Å². The van der Waals surface area contributed by atoms with E-state index in [4.69, 9.17) is 23.2 Å². The number of nitrogens with one attached hydrogen (secondary N) is 2. The first-order chi connectivity index (χ1) is 12.4. The van der Waals surface area contributed by atoms with Gasteiger partial charge in [-0.25, -0.2) is 9.36 Å². The summed E-state index contributed by atoms with van der Waals surface area (Å²) in [5.74, 6) is -0.514. The number of fused-ring (bicyclic) bond motifs is 1. The van der Waals surface area contributed by atoms with Crippen LogP contribution in [0.25, 0.3) is 10.9 Å². The van der Waals surface area contributed by atoms with Crippen LogP contribution in [0.15, 0.2) is 52.1 Å². The first kappa shape index (κ1) is 18.2. The van der Waals surface area contributed by atoms with E-state index < -0.39 is 23.2 Å². The lowest BCUT2D eigenvalue weighted by atomic mass is 10.1. The summed E-state index contributed by atoms with van der Waals surface area (Å²) >= 11 is 11.9. The highest BCUT2D eigenvalue weighted by Gasteiger charge is 2.23. The van der Waals surface area contributed by atoms with Crippen LogP contribution in [-0.2, 0) is 4.79 Å². The minimum absolute atomic E-state index is 0.248. The summed E-state index contributed by atoms with van der Waals surface area (Å²) in [5, 5.41) is 3.68. The van der Waals surface area contributed by atoms with Gasteiger partial charge in [-0.1, -0.05) is 42.3 Å². The average molecular weight is 392 g/mol. The Labute approximate surface area is 158 Å². The van der Waals surface area contributed by atoms with E-state index >= 15 is 0 Å². The SMILES string of the molecule is CCC(C(=O)Nc1ccc(Cl)cc1Cl)n1c(=O)[nH]c2ccccc2c1=O. The van der Waals surface area contributed by atoms with Gasteiger partial charge < -0.3 is 10.3 Å². The van der Waals surface area contributed by atoms with Crippen molar-refractivity contribution in [2.45, 2.75) is 19.4 Å². The van der Waals surface area contributed by atoms with Crippen LogP contribution in [0.1, 0.15) is 19.4 Å². The zero-order valence-electron chi connectivity index (χ0n) is 13.8. The summed E-state index contributed by atoms with van der Waals surface area (Å²) in [6.07, 6.45) is 0.248. The molecule has 1 atom stereocenters. The van der Waals surface area contributed by atoms with Crippen LogP contribution < -0.4 is 16.6 Å². The molecule has 6 nitrogen and oxygen atoms in total. The molecule has 26 heavy (non-hydrogen) atoms. The maximum absolute atomic E-state index is 12.7. The lowest BCUT2D eigenvalue weighted by molar-refractivity contribution is -0.119. The Balaban J connectivity index is 2.03. The molecule has 134 valence electrons. The number of carbonyl (C=O) groups is 1. The Kier molecular flexibility index (Phi) is 5.15. The first-order valence-electron chi connectivity index (χ1n) is 7.92. The van der Waals surface area contributed by atoms with Crippen LogP contribution in [0, 0.1) is 0 Å². The predicted molar refractivity (Wildman–Crippen MR) is 103 cm³/mol. The van der Waals surface area contributed by atoms with Crippen LogP contribution in [0.2, 0.25) is 10.0 Å². The van der Waals surface area contributed by atoms with Gasteiger partial charge in [0.1, 0.15) is 6.04 Å². The van der Waals surface area contributed by atoms with Crippen LogP contribution in [0.3, 0.4) is 0 Å². The number of aromatic amines is 1. The minimum Gasteiger partial charge on any atom is -0.323 e. The largest absolute Gasteiger partial charge is 0.329 e. The highest BCUT2D eigenvalue weighted by Crippen LogP contribution is 2.26.